The van der Waals surface area contributed by atoms with Gasteiger partial charge in [0.2, 0.25) is 5.91 Å². The average Bonchev–Trinajstić information content (AvgIpc) is 2.97. The molecule has 0 radical (unpaired) electrons. The van der Waals surface area contributed by atoms with Crippen LogP contribution in [0.25, 0.3) is 6.08 Å². The first-order valence-corrected chi connectivity index (χ1v) is 9.53. The molecular formula is C19H25NOS. The van der Waals surface area contributed by atoms with Gasteiger partial charge in [0.05, 0.1) is 0 Å². The van der Waals surface area contributed by atoms with Gasteiger partial charge in [-0.05, 0) is 86.1 Å². The molecular weight excluding hydrogens is 290 g/mol. The molecule has 4 bridgehead atoms. The predicted octanol–water partition coefficient (Wildman–Crippen LogP) is 4.48. The van der Waals surface area contributed by atoms with E-state index < -0.39 is 0 Å². The zero-order valence-electron chi connectivity index (χ0n) is 13.3. The van der Waals surface area contributed by atoms with Gasteiger partial charge in [0.1, 0.15) is 0 Å². The first-order chi connectivity index (χ1) is 10.6. The third-order valence-electron chi connectivity index (χ3n) is 6.31. The van der Waals surface area contributed by atoms with Crippen LogP contribution in [0.2, 0.25) is 0 Å². The molecule has 4 saturated carbocycles. The molecule has 1 N–H and O–H groups in total. The molecule has 1 aromatic heterocycles. The van der Waals surface area contributed by atoms with Crippen molar-refractivity contribution in [1.29, 1.82) is 0 Å². The van der Waals surface area contributed by atoms with E-state index in [1.54, 1.807) is 17.4 Å². The molecule has 0 spiro atoms. The Morgan fingerprint density at radius 1 is 1.27 bits per heavy atom. The summed E-state index contributed by atoms with van der Waals surface area (Å²) in [6.07, 6.45) is 12.0. The highest BCUT2D eigenvalue weighted by Gasteiger charge is 2.53. The first-order valence-electron chi connectivity index (χ1n) is 8.65. The van der Waals surface area contributed by atoms with Crippen molar-refractivity contribution < 1.29 is 4.79 Å². The van der Waals surface area contributed by atoms with E-state index >= 15 is 0 Å². The van der Waals surface area contributed by atoms with Crippen molar-refractivity contribution >= 4 is 23.3 Å². The van der Waals surface area contributed by atoms with Crippen LogP contribution in [0.5, 0.6) is 0 Å². The highest BCUT2D eigenvalue weighted by Crippen LogP contribution is 2.61. The monoisotopic (exact) mass is 315 g/mol. The minimum Gasteiger partial charge on any atom is -0.350 e. The Hall–Kier alpha value is -1.09. The molecule has 0 saturated heterocycles. The van der Waals surface area contributed by atoms with Crippen molar-refractivity contribution in [3.05, 3.63) is 28.5 Å². The van der Waals surface area contributed by atoms with Crippen LogP contribution < -0.4 is 5.32 Å². The predicted molar refractivity (Wildman–Crippen MR) is 91.6 cm³/mol. The summed E-state index contributed by atoms with van der Waals surface area (Å²) in [4.78, 5) is 13.4. The zero-order valence-corrected chi connectivity index (χ0v) is 14.1. The molecule has 2 nitrogen and oxygen atoms in total. The molecule has 1 amide bonds. The van der Waals surface area contributed by atoms with E-state index in [9.17, 15) is 4.79 Å². The van der Waals surface area contributed by atoms with Gasteiger partial charge in [-0.15, -0.1) is 11.3 Å². The van der Waals surface area contributed by atoms with E-state index in [2.05, 4.69) is 12.2 Å². The molecule has 0 aliphatic heterocycles. The van der Waals surface area contributed by atoms with Crippen molar-refractivity contribution in [2.24, 2.45) is 23.2 Å². The molecule has 3 heteroatoms. The van der Waals surface area contributed by atoms with Gasteiger partial charge in [0.15, 0.2) is 0 Å². The van der Waals surface area contributed by atoms with Crippen LogP contribution in [-0.2, 0) is 4.79 Å². The summed E-state index contributed by atoms with van der Waals surface area (Å²) < 4.78 is 0. The van der Waals surface area contributed by atoms with Gasteiger partial charge in [-0.2, -0.15) is 0 Å². The number of carbonyl (C=O) groups is 1. The Bertz CT molecular complexity index is 539. The maximum absolute atomic E-state index is 12.2. The number of nitrogens with one attached hydrogen (secondary N) is 1. The lowest BCUT2D eigenvalue weighted by Crippen LogP contribution is -2.55. The number of thiophene rings is 1. The average molecular weight is 315 g/mol. The Kier molecular flexibility index (Phi) is 3.64. The van der Waals surface area contributed by atoms with Crippen LogP contribution in [0.1, 0.15) is 50.3 Å². The van der Waals surface area contributed by atoms with Gasteiger partial charge in [0, 0.05) is 17.0 Å². The molecule has 4 aliphatic carbocycles. The number of rotatable bonds is 4. The maximum atomic E-state index is 12.2. The summed E-state index contributed by atoms with van der Waals surface area (Å²) in [5.74, 6) is 2.88. The number of amides is 1. The molecule has 5 rings (SSSR count). The van der Waals surface area contributed by atoms with Gasteiger partial charge in [-0.3, -0.25) is 4.79 Å². The van der Waals surface area contributed by atoms with Crippen LogP contribution in [-0.4, -0.2) is 11.9 Å². The largest absolute Gasteiger partial charge is 0.350 e. The molecule has 4 fully saturated rings. The van der Waals surface area contributed by atoms with Crippen molar-refractivity contribution in [2.45, 2.75) is 51.5 Å². The summed E-state index contributed by atoms with van der Waals surface area (Å²) in [7, 11) is 0. The molecule has 118 valence electrons. The van der Waals surface area contributed by atoms with Gasteiger partial charge < -0.3 is 5.32 Å². The van der Waals surface area contributed by atoms with E-state index in [4.69, 9.17) is 0 Å². The van der Waals surface area contributed by atoms with Crippen molar-refractivity contribution in [1.82, 2.24) is 5.32 Å². The minimum atomic E-state index is 0.0663. The van der Waals surface area contributed by atoms with Crippen LogP contribution in [0.4, 0.5) is 0 Å². The quantitative estimate of drug-likeness (QED) is 0.815. The molecule has 0 unspecified atom stereocenters. The van der Waals surface area contributed by atoms with Crippen LogP contribution in [0.15, 0.2) is 23.6 Å². The van der Waals surface area contributed by atoms with E-state index in [-0.39, 0.29) is 5.91 Å². The van der Waals surface area contributed by atoms with Gasteiger partial charge in [0.25, 0.3) is 0 Å². The smallest absolute Gasteiger partial charge is 0.244 e. The summed E-state index contributed by atoms with van der Waals surface area (Å²) >= 11 is 1.66. The molecule has 0 aromatic carbocycles. The summed E-state index contributed by atoms with van der Waals surface area (Å²) in [5, 5.41) is 5.32. The Labute approximate surface area is 137 Å². The second kappa shape index (κ2) is 5.52. The van der Waals surface area contributed by atoms with Crippen LogP contribution >= 0.6 is 11.3 Å². The fourth-order valence-electron chi connectivity index (χ4n) is 5.67. The Morgan fingerprint density at radius 2 is 1.91 bits per heavy atom. The van der Waals surface area contributed by atoms with E-state index in [1.807, 2.05) is 23.6 Å². The van der Waals surface area contributed by atoms with E-state index in [0.717, 1.165) is 22.6 Å². The zero-order chi connectivity index (χ0) is 15.2. The molecule has 1 heterocycles. The third kappa shape index (κ3) is 2.64. The standard InChI is InChI=1S/C19H25NOS/c1-13(20-18(21)5-4-17-3-2-6-22-17)19-10-14-7-15(11-19)9-16(8-14)12-19/h2-6,13-16H,7-12H2,1H3,(H,20,21)/b5-4-/t13-,14?,15?,16?,19?/m1/s1. The SMILES string of the molecule is C[C@@H](NC(=O)/C=C\c1cccs1)C12CC3CC(CC(C3)C1)C2. The second-order valence-corrected chi connectivity index (χ2v) is 8.84. The Balaban J connectivity index is 1.41. The molecule has 1 aromatic rings. The lowest BCUT2D eigenvalue weighted by atomic mass is 9.48. The fraction of sp³-hybridized carbons (Fsp3) is 0.632. The second-order valence-electron chi connectivity index (χ2n) is 7.86. The van der Waals surface area contributed by atoms with E-state index in [0.29, 0.717) is 11.5 Å². The molecule has 4 aliphatic rings. The third-order valence-corrected chi connectivity index (χ3v) is 7.14. The van der Waals surface area contributed by atoms with Gasteiger partial charge in [-0.25, -0.2) is 0 Å². The topological polar surface area (TPSA) is 29.1 Å². The van der Waals surface area contributed by atoms with E-state index in [1.165, 1.54) is 38.5 Å². The molecule has 1 atom stereocenters. The summed E-state index contributed by atoms with van der Waals surface area (Å²) in [6, 6.07) is 4.36. The number of hydrogen-bond donors (Lipinski definition) is 1. The lowest BCUT2D eigenvalue weighted by Gasteiger charge is -2.59. The highest BCUT2D eigenvalue weighted by atomic mass is 32.1. The summed E-state index contributed by atoms with van der Waals surface area (Å²) in [6.45, 7) is 2.24. The van der Waals surface area contributed by atoms with Gasteiger partial charge in [-0.1, -0.05) is 6.07 Å². The number of carbonyl (C=O) groups excluding carboxylic acids is 1. The first kappa shape index (κ1) is 14.5. The summed E-state index contributed by atoms with van der Waals surface area (Å²) in [5.41, 5.74) is 0.390. The highest BCUT2D eigenvalue weighted by molar-refractivity contribution is 7.10. The minimum absolute atomic E-state index is 0.0663. The fourth-order valence-corrected chi connectivity index (χ4v) is 6.28. The number of hydrogen-bond acceptors (Lipinski definition) is 2. The Morgan fingerprint density at radius 3 is 2.45 bits per heavy atom. The molecule has 22 heavy (non-hydrogen) atoms. The van der Waals surface area contributed by atoms with Crippen molar-refractivity contribution in [2.75, 3.05) is 0 Å². The van der Waals surface area contributed by atoms with Crippen molar-refractivity contribution in [3.63, 3.8) is 0 Å². The van der Waals surface area contributed by atoms with Crippen LogP contribution in [0.3, 0.4) is 0 Å². The van der Waals surface area contributed by atoms with Crippen molar-refractivity contribution in [3.8, 4) is 0 Å². The normalized spacial score (nSPS) is 37.6. The lowest BCUT2D eigenvalue weighted by molar-refractivity contribution is -0.121. The van der Waals surface area contributed by atoms with Gasteiger partial charge >= 0.3 is 0 Å². The van der Waals surface area contributed by atoms with Crippen LogP contribution in [0, 0.1) is 23.2 Å². The maximum Gasteiger partial charge on any atom is 0.244 e.